The molecule has 18 heavy (non-hydrogen) atoms. The number of carbonyl (C=O) groups excluding carboxylic acids is 2. The number of thiophene rings is 1. The van der Waals surface area contributed by atoms with Gasteiger partial charge in [-0.25, -0.2) is 0 Å². The molecular formula is C14H13NO2S. The molecule has 0 fully saturated rings. The number of amides is 1. The minimum Gasteiger partial charge on any atom is -0.326 e. The number of Topliss-reactive ketones (excluding diaryl/α,β-unsaturated/α-hetero) is 1. The SMILES string of the molecule is Cc1ccc(NC(=O)CC(=O)c2cccs2)cc1. The smallest absolute Gasteiger partial charge is 0.232 e. The molecule has 0 bridgehead atoms. The van der Waals surface area contributed by atoms with Crippen molar-refractivity contribution in [2.45, 2.75) is 13.3 Å². The van der Waals surface area contributed by atoms with Crippen LogP contribution < -0.4 is 5.32 Å². The van der Waals surface area contributed by atoms with Gasteiger partial charge in [0.1, 0.15) is 0 Å². The number of benzene rings is 1. The maximum Gasteiger partial charge on any atom is 0.232 e. The predicted molar refractivity (Wildman–Crippen MR) is 73.1 cm³/mol. The summed E-state index contributed by atoms with van der Waals surface area (Å²) in [5.74, 6) is -0.424. The lowest BCUT2D eigenvalue weighted by molar-refractivity contribution is -0.115. The summed E-state index contributed by atoms with van der Waals surface area (Å²) >= 11 is 1.35. The highest BCUT2D eigenvalue weighted by atomic mass is 32.1. The fourth-order valence-corrected chi connectivity index (χ4v) is 2.18. The minimum absolute atomic E-state index is 0.117. The van der Waals surface area contributed by atoms with Crippen molar-refractivity contribution in [2.75, 3.05) is 5.32 Å². The van der Waals surface area contributed by atoms with Crippen LogP contribution in [0.25, 0.3) is 0 Å². The summed E-state index contributed by atoms with van der Waals surface area (Å²) in [5.41, 5.74) is 1.84. The van der Waals surface area contributed by atoms with Crippen molar-refractivity contribution < 1.29 is 9.59 Å². The number of ketones is 1. The van der Waals surface area contributed by atoms with Gasteiger partial charge in [-0.2, -0.15) is 0 Å². The Kier molecular flexibility index (Phi) is 3.89. The lowest BCUT2D eigenvalue weighted by Gasteiger charge is -2.04. The Bertz CT molecular complexity index is 544. The van der Waals surface area contributed by atoms with E-state index in [1.54, 1.807) is 12.1 Å². The molecule has 2 rings (SSSR count). The van der Waals surface area contributed by atoms with Crippen LogP contribution in [0.4, 0.5) is 5.69 Å². The van der Waals surface area contributed by atoms with Crippen molar-refractivity contribution in [3.05, 3.63) is 52.2 Å². The standard InChI is InChI=1S/C14H13NO2S/c1-10-4-6-11(7-5-10)15-14(17)9-12(16)13-3-2-8-18-13/h2-8H,9H2,1H3,(H,15,17). The number of aryl methyl sites for hydroxylation is 1. The van der Waals surface area contributed by atoms with Crippen molar-refractivity contribution in [1.82, 2.24) is 0 Å². The highest BCUT2D eigenvalue weighted by molar-refractivity contribution is 7.12. The van der Waals surface area contributed by atoms with Gasteiger partial charge >= 0.3 is 0 Å². The first-order valence-corrected chi connectivity index (χ1v) is 6.46. The average Bonchev–Trinajstić information content (AvgIpc) is 2.85. The summed E-state index contributed by atoms with van der Waals surface area (Å²) in [7, 11) is 0. The normalized spacial score (nSPS) is 10.1. The van der Waals surface area contributed by atoms with Gasteiger partial charge in [0.2, 0.25) is 5.91 Å². The Morgan fingerprint density at radius 2 is 1.89 bits per heavy atom. The van der Waals surface area contributed by atoms with Crippen LogP contribution in [0.5, 0.6) is 0 Å². The number of rotatable bonds is 4. The quantitative estimate of drug-likeness (QED) is 0.676. The first kappa shape index (κ1) is 12.5. The first-order valence-electron chi connectivity index (χ1n) is 5.58. The van der Waals surface area contributed by atoms with Gasteiger partial charge in [-0.15, -0.1) is 11.3 Å². The fourth-order valence-electron chi connectivity index (χ4n) is 1.51. The number of hydrogen-bond donors (Lipinski definition) is 1. The van der Waals surface area contributed by atoms with Gasteiger partial charge in [-0.05, 0) is 30.5 Å². The fraction of sp³-hybridized carbons (Fsp3) is 0.143. The van der Waals surface area contributed by atoms with Gasteiger partial charge in [0.25, 0.3) is 0 Å². The maximum atomic E-state index is 11.7. The van der Waals surface area contributed by atoms with Crippen LogP contribution in [0.3, 0.4) is 0 Å². The van der Waals surface area contributed by atoms with Gasteiger partial charge in [0.15, 0.2) is 5.78 Å². The molecule has 3 nitrogen and oxygen atoms in total. The van der Waals surface area contributed by atoms with Crippen LogP contribution in [0, 0.1) is 6.92 Å². The molecule has 0 saturated carbocycles. The highest BCUT2D eigenvalue weighted by Crippen LogP contribution is 2.13. The predicted octanol–water partition coefficient (Wildman–Crippen LogP) is 3.27. The van der Waals surface area contributed by atoms with E-state index in [-0.39, 0.29) is 18.1 Å². The topological polar surface area (TPSA) is 46.2 Å². The van der Waals surface area contributed by atoms with Crippen molar-refractivity contribution in [3.8, 4) is 0 Å². The highest BCUT2D eigenvalue weighted by Gasteiger charge is 2.12. The monoisotopic (exact) mass is 259 g/mol. The van der Waals surface area contributed by atoms with Crippen LogP contribution in [0.1, 0.15) is 21.7 Å². The van der Waals surface area contributed by atoms with E-state index >= 15 is 0 Å². The second kappa shape index (κ2) is 5.60. The van der Waals surface area contributed by atoms with E-state index in [9.17, 15) is 9.59 Å². The molecule has 0 aliphatic carbocycles. The molecule has 0 saturated heterocycles. The molecular weight excluding hydrogens is 246 g/mol. The van der Waals surface area contributed by atoms with E-state index in [1.165, 1.54) is 11.3 Å². The van der Waals surface area contributed by atoms with Crippen molar-refractivity contribution >= 4 is 28.7 Å². The summed E-state index contributed by atoms with van der Waals surface area (Å²) in [4.78, 5) is 24.0. The van der Waals surface area contributed by atoms with Gasteiger partial charge < -0.3 is 5.32 Å². The zero-order chi connectivity index (χ0) is 13.0. The minimum atomic E-state index is -0.280. The number of carbonyl (C=O) groups is 2. The van der Waals surface area contributed by atoms with Crippen LogP contribution in [0.2, 0.25) is 0 Å². The van der Waals surface area contributed by atoms with E-state index in [1.807, 2.05) is 36.6 Å². The molecule has 0 aliphatic rings. The molecule has 0 aliphatic heterocycles. The Hall–Kier alpha value is -1.94. The van der Waals surface area contributed by atoms with Gasteiger partial charge in [-0.3, -0.25) is 9.59 Å². The van der Waals surface area contributed by atoms with Crippen molar-refractivity contribution in [2.24, 2.45) is 0 Å². The molecule has 0 atom stereocenters. The van der Waals surface area contributed by atoms with Crippen LogP contribution >= 0.6 is 11.3 Å². The second-order valence-electron chi connectivity index (χ2n) is 3.99. The lowest BCUT2D eigenvalue weighted by atomic mass is 10.2. The summed E-state index contributed by atoms with van der Waals surface area (Å²) in [6.07, 6.45) is -0.117. The zero-order valence-corrected chi connectivity index (χ0v) is 10.8. The van der Waals surface area contributed by atoms with E-state index in [2.05, 4.69) is 5.32 Å². The molecule has 1 aromatic heterocycles. The van der Waals surface area contributed by atoms with Crippen LogP contribution in [0.15, 0.2) is 41.8 Å². The lowest BCUT2D eigenvalue weighted by Crippen LogP contribution is -2.15. The molecule has 1 heterocycles. The van der Waals surface area contributed by atoms with Crippen molar-refractivity contribution in [1.29, 1.82) is 0 Å². The first-order chi connectivity index (χ1) is 8.65. The van der Waals surface area contributed by atoms with Gasteiger partial charge in [-0.1, -0.05) is 23.8 Å². The zero-order valence-electron chi connectivity index (χ0n) is 9.97. The third kappa shape index (κ3) is 3.28. The third-order valence-corrected chi connectivity index (χ3v) is 3.36. The van der Waals surface area contributed by atoms with Gasteiger partial charge in [0, 0.05) is 5.69 Å². The molecule has 0 spiro atoms. The maximum absolute atomic E-state index is 11.7. The summed E-state index contributed by atoms with van der Waals surface area (Å²) < 4.78 is 0. The summed E-state index contributed by atoms with van der Waals surface area (Å²) in [6, 6.07) is 11.0. The van der Waals surface area contributed by atoms with E-state index in [0.29, 0.717) is 10.6 Å². The van der Waals surface area contributed by atoms with Gasteiger partial charge in [0.05, 0.1) is 11.3 Å². The Balaban J connectivity index is 1.93. The van der Waals surface area contributed by atoms with Crippen molar-refractivity contribution in [3.63, 3.8) is 0 Å². The molecule has 4 heteroatoms. The number of nitrogens with one attached hydrogen (secondary N) is 1. The van der Waals surface area contributed by atoms with E-state index in [0.717, 1.165) is 5.56 Å². The van der Waals surface area contributed by atoms with E-state index < -0.39 is 0 Å². The molecule has 0 unspecified atom stereocenters. The molecule has 1 N–H and O–H groups in total. The molecule has 0 radical (unpaired) electrons. The third-order valence-electron chi connectivity index (χ3n) is 2.45. The summed E-state index contributed by atoms with van der Waals surface area (Å²) in [6.45, 7) is 1.98. The molecule has 1 aromatic carbocycles. The average molecular weight is 259 g/mol. The largest absolute Gasteiger partial charge is 0.326 e. The van der Waals surface area contributed by atoms with Crippen LogP contribution in [-0.2, 0) is 4.79 Å². The Labute approximate surface area is 109 Å². The number of hydrogen-bond acceptors (Lipinski definition) is 3. The Morgan fingerprint density at radius 1 is 1.17 bits per heavy atom. The van der Waals surface area contributed by atoms with E-state index in [4.69, 9.17) is 0 Å². The van der Waals surface area contributed by atoms with Crippen LogP contribution in [-0.4, -0.2) is 11.7 Å². The number of anilines is 1. The molecule has 2 aromatic rings. The Morgan fingerprint density at radius 3 is 2.50 bits per heavy atom. The second-order valence-corrected chi connectivity index (χ2v) is 4.94. The molecule has 1 amide bonds. The molecule has 92 valence electrons. The summed E-state index contributed by atoms with van der Waals surface area (Å²) in [5, 5.41) is 4.53.